The van der Waals surface area contributed by atoms with E-state index in [-0.39, 0.29) is 11.8 Å². The number of carbonyl (C=O) groups is 2. The van der Waals surface area contributed by atoms with Crippen LogP contribution in [0.4, 0.5) is 5.69 Å². The van der Waals surface area contributed by atoms with Crippen molar-refractivity contribution in [3.05, 3.63) is 17.8 Å². The van der Waals surface area contributed by atoms with Crippen molar-refractivity contribution in [3.8, 4) is 10.7 Å². The molecule has 1 unspecified atom stereocenters. The lowest BCUT2D eigenvalue weighted by Crippen LogP contribution is -2.46. The standard InChI is InChI=1S/C14H19N5O2S/c1-8(17-13(21)14(2,3)4)11(20)18-9-7-16-19-10(9)12-15-5-6-22-12/h5-8H,1-4H3,(H,16,19)(H,17,21)(H,18,20). The van der Waals surface area contributed by atoms with Crippen LogP contribution in [0.2, 0.25) is 0 Å². The topological polar surface area (TPSA) is 99.8 Å². The molecule has 0 aromatic carbocycles. The van der Waals surface area contributed by atoms with Gasteiger partial charge in [0.2, 0.25) is 11.8 Å². The molecule has 0 aliphatic carbocycles. The lowest BCUT2D eigenvalue weighted by molar-refractivity contribution is -0.131. The van der Waals surface area contributed by atoms with Crippen molar-refractivity contribution < 1.29 is 9.59 Å². The number of hydrogen-bond donors (Lipinski definition) is 3. The fourth-order valence-electron chi connectivity index (χ4n) is 1.61. The number of hydrogen-bond acceptors (Lipinski definition) is 5. The van der Waals surface area contributed by atoms with Gasteiger partial charge in [-0.05, 0) is 6.92 Å². The minimum absolute atomic E-state index is 0.178. The van der Waals surface area contributed by atoms with Crippen LogP contribution in [0.15, 0.2) is 17.8 Å². The van der Waals surface area contributed by atoms with Gasteiger partial charge in [0, 0.05) is 17.0 Å². The van der Waals surface area contributed by atoms with E-state index in [1.54, 1.807) is 33.9 Å². The maximum absolute atomic E-state index is 12.2. The van der Waals surface area contributed by atoms with Crippen LogP contribution in [0.3, 0.4) is 0 Å². The molecule has 0 saturated heterocycles. The zero-order valence-electron chi connectivity index (χ0n) is 12.9. The van der Waals surface area contributed by atoms with E-state index in [2.05, 4.69) is 25.8 Å². The number of nitrogens with zero attached hydrogens (tertiary/aromatic N) is 2. The van der Waals surface area contributed by atoms with E-state index in [0.29, 0.717) is 11.4 Å². The summed E-state index contributed by atoms with van der Waals surface area (Å²) in [5, 5.41) is 14.8. The molecule has 2 aromatic heterocycles. The normalized spacial score (nSPS) is 12.7. The highest BCUT2D eigenvalue weighted by atomic mass is 32.1. The zero-order chi connectivity index (χ0) is 16.3. The number of H-pyrrole nitrogens is 1. The molecule has 0 fully saturated rings. The monoisotopic (exact) mass is 321 g/mol. The molecule has 0 aliphatic heterocycles. The van der Waals surface area contributed by atoms with Gasteiger partial charge in [-0.1, -0.05) is 20.8 Å². The van der Waals surface area contributed by atoms with Crippen molar-refractivity contribution in [1.82, 2.24) is 20.5 Å². The predicted molar refractivity (Wildman–Crippen MR) is 85.4 cm³/mol. The van der Waals surface area contributed by atoms with Gasteiger partial charge >= 0.3 is 0 Å². The minimum Gasteiger partial charge on any atom is -0.344 e. The Morgan fingerprint density at radius 2 is 2.09 bits per heavy atom. The molecule has 0 aliphatic rings. The number of thiazole rings is 1. The summed E-state index contributed by atoms with van der Waals surface area (Å²) in [4.78, 5) is 28.3. The molecule has 8 heteroatoms. The third-order valence-corrected chi connectivity index (χ3v) is 3.76. The van der Waals surface area contributed by atoms with Crippen LogP contribution in [-0.2, 0) is 9.59 Å². The molecule has 0 spiro atoms. The minimum atomic E-state index is -0.647. The first-order valence-corrected chi connectivity index (χ1v) is 7.72. The van der Waals surface area contributed by atoms with E-state index in [1.807, 2.05) is 5.38 Å². The number of rotatable bonds is 4. The molecular formula is C14H19N5O2S. The van der Waals surface area contributed by atoms with E-state index < -0.39 is 11.5 Å². The fraction of sp³-hybridized carbons (Fsp3) is 0.429. The molecule has 0 radical (unpaired) electrons. The van der Waals surface area contributed by atoms with Crippen molar-refractivity contribution in [3.63, 3.8) is 0 Å². The van der Waals surface area contributed by atoms with Gasteiger partial charge in [0.15, 0.2) is 0 Å². The molecule has 1 atom stereocenters. The zero-order valence-corrected chi connectivity index (χ0v) is 13.7. The van der Waals surface area contributed by atoms with Crippen LogP contribution >= 0.6 is 11.3 Å². The Kier molecular flexibility index (Phi) is 4.60. The molecule has 0 bridgehead atoms. The molecule has 0 saturated carbocycles. The Morgan fingerprint density at radius 1 is 1.36 bits per heavy atom. The second-order valence-corrected chi connectivity index (χ2v) is 6.82. The summed E-state index contributed by atoms with van der Waals surface area (Å²) in [6, 6.07) is -0.647. The lowest BCUT2D eigenvalue weighted by atomic mass is 9.95. The van der Waals surface area contributed by atoms with Gasteiger partial charge in [0.1, 0.15) is 16.7 Å². The second kappa shape index (κ2) is 6.27. The Morgan fingerprint density at radius 3 is 2.68 bits per heavy atom. The SMILES string of the molecule is CC(NC(=O)C(C)(C)C)C(=O)Nc1cn[nH]c1-c1nccs1. The van der Waals surface area contributed by atoms with Crippen LogP contribution in [0.25, 0.3) is 10.7 Å². The molecule has 2 aromatic rings. The van der Waals surface area contributed by atoms with Crippen LogP contribution in [0, 0.1) is 5.41 Å². The van der Waals surface area contributed by atoms with E-state index in [0.717, 1.165) is 5.01 Å². The smallest absolute Gasteiger partial charge is 0.246 e. The number of anilines is 1. The van der Waals surface area contributed by atoms with Crippen molar-refractivity contribution in [2.24, 2.45) is 5.41 Å². The highest BCUT2D eigenvalue weighted by molar-refractivity contribution is 7.13. The summed E-state index contributed by atoms with van der Waals surface area (Å²) in [6.07, 6.45) is 3.20. The molecule has 3 N–H and O–H groups in total. The Bertz CT molecular complexity index is 657. The van der Waals surface area contributed by atoms with Crippen molar-refractivity contribution in [2.45, 2.75) is 33.7 Å². The maximum atomic E-state index is 12.2. The summed E-state index contributed by atoms with van der Waals surface area (Å²) in [6.45, 7) is 7.03. The van der Waals surface area contributed by atoms with Crippen molar-refractivity contribution >= 4 is 28.8 Å². The van der Waals surface area contributed by atoms with Gasteiger partial charge < -0.3 is 10.6 Å². The Labute approximate surface area is 132 Å². The lowest BCUT2D eigenvalue weighted by Gasteiger charge is -2.21. The molecule has 2 rings (SSSR count). The first-order chi connectivity index (χ1) is 10.3. The average Bonchev–Trinajstić information content (AvgIpc) is 3.07. The molecular weight excluding hydrogens is 302 g/mol. The number of amides is 2. The van der Waals surface area contributed by atoms with Crippen LogP contribution in [-0.4, -0.2) is 33.0 Å². The van der Waals surface area contributed by atoms with Gasteiger partial charge in [0.25, 0.3) is 0 Å². The Hall–Kier alpha value is -2.22. The van der Waals surface area contributed by atoms with Crippen LogP contribution in [0.1, 0.15) is 27.7 Å². The summed E-state index contributed by atoms with van der Waals surface area (Å²) in [5.74, 6) is -0.487. The Balaban J connectivity index is 2.04. The van der Waals surface area contributed by atoms with E-state index in [4.69, 9.17) is 0 Å². The summed E-state index contributed by atoms with van der Waals surface area (Å²) in [7, 11) is 0. The largest absolute Gasteiger partial charge is 0.344 e. The van der Waals surface area contributed by atoms with Gasteiger partial charge in [-0.2, -0.15) is 5.10 Å². The van der Waals surface area contributed by atoms with E-state index in [1.165, 1.54) is 17.5 Å². The third-order valence-electron chi connectivity index (χ3n) is 2.97. The van der Waals surface area contributed by atoms with Crippen molar-refractivity contribution in [2.75, 3.05) is 5.32 Å². The maximum Gasteiger partial charge on any atom is 0.246 e. The molecule has 2 amide bonds. The number of aromatic nitrogens is 3. The van der Waals surface area contributed by atoms with Gasteiger partial charge in [0.05, 0.1) is 11.9 Å². The molecule has 7 nitrogen and oxygen atoms in total. The summed E-state index contributed by atoms with van der Waals surface area (Å²) >= 11 is 1.44. The molecule has 2 heterocycles. The number of aromatic amines is 1. The summed E-state index contributed by atoms with van der Waals surface area (Å²) in [5.41, 5.74) is 0.644. The highest BCUT2D eigenvalue weighted by Crippen LogP contribution is 2.26. The fourth-order valence-corrected chi connectivity index (χ4v) is 2.26. The van der Waals surface area contributed by atoms with E-state index in [9.17, 15) is 9.59 Å². The predicted octanol–water partition coefficient (Wildman–Crippen LogP) is 2.02. The number of nitrogens with one attached hydrogen (secondary N) is 3. The second-order valence-electron chi connectivity index (χ2n) is 5.93. The van der Waals surface area contributed by atoms with E-state index >= 15 is 0 Å². The van der Waals surface area contributed by atoms with Crippen LogP contribution in [0.5, 0.6) is 0 Å². The molecule has 22 heavy (non-hydrogen) atoms. The van der Waals surface area contributed by atoms with Gasteiger partial charge in [-0.25, -0.2) is 4.98 Å². The third kappa shape index (κ3) is 3.70. The average molecular weight is 321 g/mol. The highest BCUT2D eigenvalue weighted by Gasteiger charge is 2.25. The van der Waals surface area contributed by atoms with Crippen molar-refractivity contribution in [1.29, 1.82) is 0 Å². The van der Waals surface area contributed by atoms with Gasteiger partial charge in [-0.15, -0.1) is 11.3 Å². The van der Waals surface area contributed by atoms with Crippen LogP contribution < -0.4 is 10.6 Å². The summed E-state index contributed by atoms with van der Waals surface area (Å²) < 4.78 is 0. The van der Waals surface area contributed by atoms with Gasteiger partial charge in [-0.3, -0.25) is 14.7 Å². The quantitative estimate of drug-likeness (QED) is 0.802. The molecule has 118 valence electrons. The first kappa shape index (κ1) is 16.2. The first-order valence-electron chi connectivity index (χ1n) is 6.84. The number of carbonyl (C=O) groups excluding carboxylic acids is 2.